The SMILES string of the molecule is CCCN1CC=C[C@@]2(C)O[C@]34C=CCN(C(C)(C)C)C(=O)C3N([C@@H](CO)Cc3ccccc3)C(=O)[C@@H]4[C@H]2C1=O. The van der Waals surface area contributed by atoms with Crippen LogP contribution in [0.4, 0.5) is 0 Å². The van der Waals surface area contributed by atoms with Crippen LogP contribution in [0.25, 0.3) is 0 Å². The van der Waals surface area contributed by atoms with Crippen molar-refractivity contribution < 1.29 is 24.2 Å². The largest absolute Gasteiger partial charge is 0.394 e. The molecule has 1 N–H and O–H groups in total. The molecule has 1 spiro atoms. The molecular weight excluding hydrogens is 494 g/mol. The number of aliphatic hydroxyl groups excluding tert-OH is 1. The van der Waals surface area contributed by atoms with Crippen LogP contribution >= 0.6 is 0 Å². The lowest BCUT2D eigenvalue weighted by Crippen LogP contribution is -2.61. The van der Waals surface area contributed by atoms with E-state index in [0.717, 1.165) is 12.0 Å². The number of hydrogen-bond acceptors (Lipinski definition) is 5. The van der Waals surface area contributed by atoms with Gasteiger partial charge in [0.1, 0.15) is 11.6 Å². The minimum Gasteiger partial charge on any atom is -0.394 e. The normalized spacial score (nSPS) is 33.1. The Labute approximate surface area is 231 Å². The summed E-state index contributed by atoms with van der Waals surface area (Å²) in [6, 6.07) is 8.00. The van der Waals surface area contributed by atoms with Crippen LogP contribution in [0.5, 0.6) is 0 Å². The van der Waals surface area contributed by atoms with Gasteiger partial charge in [0.15, 0.2) is 0 Å². The van der Waals surface area contributed by atoms with Gasteiger partial charge in [0.25, 0.3) is 0 Å². The lowest BCUT2D eigenvalue weighted by Gasteiger charge is -2.43. The van der Waals surface area contributed by atoms with Gasteiger partial charge in [-0.15, -0.1) is 0 Å². The molecule has 2 saturated heterocycles. The Morgan fingerprint density at radius 1 is 1.00 bits per heavy atom. The minimum absolute atomic E-state index is 0.124. The average Bonchev–Trinajstić information content (AvgIpc) is 3.16. The number of nitrogens with zero attached hydrogens (tertiary/aromatic N) is 3. The topological polar surface area (TPSA) is 90.4 Å². The minimum atomic E-state index is -1.33. The first-order chi connectivity index (χ1) is 18.5. The second kappa shape index (κ2) is 9.89. The van der Waals surface area contributed by atoms with Crippen LogP contribution in [-0.2, 0) is 25.5 Å². The van der Waals surface area contributed by atoms with Crippen molar-refractivity contribution in [3.05, 3.63) is 60.2 Å². The van der Waals surface area contributed by atoms with E-state index in [1.54, 1.807) is 14.7 Å². The standard InChI is InChI=1S/C31H41N3O5/c1-6-16-32-17-10-14-30(5)23(26(32)36)24-27(37)34(22(20-35)19-21-12-8-7-9-13-21)25-28(38)33(29(2,3)4)18-11-15-31(24,25)39-30/h7-15,22-25,35H,6,16-20H2,1-5H3/t22-,23+,24+,25?,30-,31+/m1/s1. The first kappa shape index (κ1) is 27.6. The molecule has 1 aromatic carbocycles. The molecule has 4 aliphatic heterocycles. The van der Waals surface area contributed by atoms with Crippen molar-refractivity contribution in [2.24, 2.45) is 11.8 Å². The highest BCUT2D eigenvalue weighted by Crippen LogP contribution is 2.58. The maximum atomic E-state index is 14.6. The van der Waals surface area contributed by atoms with Crippen molar-refractivity contribution in [2.75, 3.05) is 26.2 Å². The molecule has 0 aliphatic carbocycles. The number of fused-ring (bicyclic) bond motifs is 2. The van der Waals surface area contributed by atoms with Gasteiger partial charge in [0.2, 0.25) is 17.7 Å². The number of hydrogen-bond donors (Lipinski definition) is 1. The van der Waals surface area contributed by atoms with Crippen LogP contribution in [0.2, 0.25) is 0 Å². The van der Waals surface area contributed by atoms with E-state index in [4.69, 9.17) is 4.74 Å². The van der Waals surface area contributed by atoms with Crippen LogP contribution in [0, 0.1) is 11.8 Å². The van der Waals surface area contributed by atoms with Gasteiger partial charge in [0.05, 0.1) is 30.1 Å². The lowest BCUT2D eigenvalue weighted by atomic mass is 9.74. The highest BCUT2D eigenvalue weighted by Gasteiger charge is 2.75. The Morgan fingerprint density at radius 3 is 2.33 bits per heavy atom. The second-order valence-corrected chi connectivity index (χ2v) is 12.5. The number of likely N-dealkylation sites (tertiary alicyclic amines) is 1. The Kier molecular flexibility index (Phi) is 7.00. The molecule has 1 unspecified atom stereocenters. The van der Waals surface area contributed by atoms with Crippen molar-refractivity contribution in [1.29, 1.82) is 0 Å². The summed E-state index contributed by atoms with van der Waals surface area (Å²) in [5.41, 5.74) is -1.92. The number of carbonyl (C=O) groups is 3. The molecule has 0 radical (unpaired) electrons. The Bertz CT molecular complexity index is 1190. The molecule has 2 fully saturated rings. The van der Waals surface area contributed by atoms with Gasteiger partial charge < -0.3 is 24.5 Å². The number of benzene rings is 1. The quantitative estimate of drug-likeness (QED) is 0.566. The maximum absolute atomic E-state index is 14.6. The van der Waals surface area contributed by atoms with Gasteiger partial charge in [-0.05, 0) is 46.1 Å². The van der Waals surface area contributed by atoms with Gasteiger partial charge in [-0.25, -0.2) is 0 Å². The van der Waals surface area contributed by atoms with Crippen LogP contribution < -0.4 is 0 Å². The van der Waals surface area contributed by atoms with Gasteiger partial charge in [0, 0.05) is 25.2 Å². The fourth-order valence-corrected chi connectivity index (χ4v) is 7.12. The summed E-state index contributed by atoms with van der Waals surface area (Å²) < 4.78 is 6.89. The molecule has 8 heteroatoms. The van der Waals surface area contributed by atoms with E-state index < -0.39 is 40.7 Å². The number of ether oxygens (including phenoxy) is 1. The molecule has 3 amide bonds. The fraction of sp³-hybridized carbons (Fsp3) is 0.581. The predicted molar refractivity (Wildman–Crippen MR) is 147 cm³/mol. The summed E-state index contributed by atoms with van der Waals surface area (Å²) in [5.74, 6) is -2.32. The molecule has 1 aromatic rings. The molecule has 6 atom stereocenters. The molecule has 210 valence electrons. The third kappa shape index (κ3) is 4.32. The van der Waals surface area contributed by atoms with E-state index in [0.29, 0.717) is 26.1 Å². The van der Waals surface area contributed by atoms with Gasteiger partial charge in [-0.3, -0.25) is 14.4 Å². The molecule has 4 aliphatic rings. The summed E-state index contributed by atoms with van der Waals surface area (Å²) >= 11 is 0. The first-order valence-corrected chi connectivity index (χ1v) is 14.1. The Morgan fingerprint density at radius 2 is 1.69 bits per heavy atom. The molecule has 0 aromatic heterocycles. The van der Waals surface area contributed by atoms with Crippen LogP contribution in [0.1, 0.15) is 46.6 Å². The summed E-state index contributed by atoms with van der Waals surface area (Å²) in [6.45, 7) is 10.9. The number of amides is 3. The van der Waals surface area contributed by atoms with E-state index in [2.05, 4.69) is 0 Å². The molecular formula is C31H41N3O5. The molecule has 0 bridgehead atoms. The maximum Gasteiger partial charge on any atom is 0.249 e. The zero-order valence-electron chi connectivity index (χ0n) is 23.7. The second-order valence-electron chi connectivity index (χ2n) is 12.5. The Hall–Kier alpha value is -2.97. The van der Waals surface area contributed by atoms with E-state index >= 15 is 0 Å². The van der Waals surface area contributed by atoms with Crippen molar-refractivity contribution >= 4 is 17.7 Å². The van der Waals surface area contributed by atoms with Gasteiger partial charge in [-0.2, -0.15) is 0 Å². The average molecular weight is 536 g/mol. The lowest BCUT2D eigenvalue weighted by molar-refractivity contribution is -0.158. The van der Waals surface area contributed by atoms with Crippen molar-refractivity contribution in [1.82, 2.24) is 14.7 Å². The molecule has 39 heavy (non-hydrogen) atoms. The molecule has 4 heterocycles. The predicted octanol–water partition coefficient (Wildman–Crippen LogP) is 2.57. The number of carbonyl (C=O) groups excluding carboxylic acids is 3. The van der Waals surface area contributed by atoms with Crippen molar-refractivity contribution in [3.63, 3.8) is 0 Å². The highest BCUT2D eigenvalue weighted by molar-refractivity contribution is 6.00. The van der Waals surface area contributed by atoms with Crippen LogP contribution in [0.15, 0.2) is 54.6 Å². The van der Waals surface area contributed by atoms with Gasteiger partial charge >= 0.3 is 0 Å². The molecule has 8 nitrogen and oxygen atoms in total. The van der Waals surface area contributed by atoms with Crippen molar-refractivity contribution in [2.45, 2.75) is 76.3 Å². The smallest absolute Gasteiger partial charge is 0.249 e. The molecule has 5 rings (SSSR count). The zero-order valence-corrected chi connectivity index (χ0v) is 23.7. The van der Waals surface area contributed by atoms with Crippen molar-refractivity contribution in [3.8, 4) is 0 Å². The zero-order chi connectivity index (χ0) is 28.2. The number of aliphatic hydroxyl groups is 1. The van der Waals surface area contributed by atoms with Gasteiger partial charge in [-0.1, -0.05) is 61.6 Å². The molecule has 0 saturated carbocycles. The monoisotopic (exact) mass is 535 g/mol. The van der Waals surface area contributed by atoms with E-state index in [9.17, 15) is 19.5 Å². The first-order valence-electron chi connectivity index (χ1n) is 14.1. The summed E-state index contributed by atoms with van der Waals surface area (Å²) in [4.78, 5) is 48.3. The van der Waals surface area contributed by atoms with Crippen LogP contribution in [-0.4, -0.2) is 92.6 Å². The fourth-order valence-electron chi connectivity index (χ4n) is 7.12. The third-order valence-corrected chi connectivity index (χ3v) is 8.80. The van der Waals surface area contributed by atoms with E-state index in [1.165, 1.54) is 0 Å². The summed E-state index contributed by atoms with van der Waals surface area (Å²) in [7, 11) is 0. The summed E-state index contributed by atoms with van der Waals surface area (Å²) in [6.07, 6.45) is 8.80. The third-order valence-electron chi connectivity index (χ3n) is 8.80. The van der Waals surface area contributed by atoms with E-state index in [1.807, 2.05) is 89.3 Å². The summed E-state index contributed by atoms with van der Waals surface area (Å²) in [5, 5.41) is 10.6. The number of rotatable bonds is 6. The Balaban J connectivity index is 1.66. The van der Waals surface area contributed by atoms with Crippen LogP contribution in [0.3, 0.4) is 0 Å². The highest BCUT2D eigenvalue weighted by atomic mass is 16.5. The van der Waals surface area contributed by atoms with E-state index in [-0.39, 0.29) is 24.3 Å².